The maximum atomic E-state index is 11.1. The molecule has 8 nitrogen and oxygen atoms in total. The van der Waals surface area contributed by atoms with Gasteiger partial charge < -0.3 is 19.9 Å². The summed E-state index contributed by atoms with van der Waals surface area (Å²) in [5, 5.41) is 4.20. The standard InChI is InChI=1S/C14H18ClN5O3/c1-4-22-8(2)13-18-11(23-19-13)7-20(3)14-10(15)5-9(6-17-14)12(16)21/h5-6,8H,4,7H2,1-3H3,(H2,16,21). The molecule has 1 atom stereocenters. The number of carbonyl (C=O) groups is 1. The summed E-state index contributed by atoms with van der Waals surface area (Å²) >= 11 is 6.13. The van der Waals surface area contributed by atoms with E-state index in [0.29, 0.717) is 35.7 Å². The minimum atomic E-state index is -0.583. The fourth-order valence-electron chi connectivity index (χ4n) is 1.95. The highest BCUT2D eigenvalue weighted by molar-refractivity contribution is 6.33. The topological polar surface area (TPSA) is 107 Å². The van der Waals surface area contributed by atoms with Crippen molar-refractivity contribution in [3.8, 4) is 0 Å². The van der Waals surface area contributed by atoms with Crippen LogP contribution in [0.2, 0.25) is 5.02 Å². The van der Waals surface area contributed by atoms with Gasteiger partial charge >= 0.3 is 0 Å². The Morgan fingerprint density at radius 1 is 1.57 bits per heavy atom. The Morgan fingerprint density at radius 3 is 2.91 bits per heavy atom. The van der Waals surface area contributed by atoms with Crippen LogP contribution in [0, 0.1) is 0 Å². The van der Waals surface area contributed by atoms with Crippen LogP contribution >= 0.6 is 11.6 Å². The van der Waals surface area contributed by atoms with Crippen LogP contribution < -0.4 is 10.6 Å². The molecule has 0 aliphatic rings. The van der Waals surface area contributed by atoms with E-state index < -0.39 is 5.91 Å². The van der Waals surface area contributed by atoms with Crippen LogP contribution in [0.3, 0.4) is 0 Å². The molecule has 0 bridgehead atoms. The number of primary amides is 1. The fourth-order valence-corrected chi connectivity index (χ4v) is 2.26. The minimum absolute atomic E-state index is 0.237. The van der Waals surface area contributed by atoms with Crippen molar-refractivity contribution < 1.29 is 14.1 Å². The zero-order valence-corrected chi connectivity index (χ0v) is 13.9. The van der Waals surface area contributed by atoms with E-state index in [1.165, 1.54) is 12.3 Å². The highest BCUT2D eigenvalue weighted by atomic mass is 35.5. The number of halogens is 1. The zero-order valence-electron chi connectivity index (χ0n) is 13.1. The minimum Gasteiger partial charge on any atom is -0.371 e. The number of hydrogen-bond donors (Lipinski definition) is 1. The fraction of sp³-hybridized carbons (Fsp3) is 0.429. The Bertz CT molecular complexity index is 691. The summed E-state index contributed by atoms with van der Waals surface area (Å²) in [6.07, 6.45) is 1.13. The number of anilines is 1. The van der Waals surface area contributed by atoms with E-state index in [-0.39, 0.29) is 11.7 Å². The monoisotopic (exact) mass is 339 g/mol. The number of amides is 1. The predicted octanol–water partition coefficient (Wildman–Crippen LogP) is 1.95. The number of rotatable bonds is 7. The first-order valence-corrected chi connectivity index (χ1v) is 7.40. The van der Waals surface area contributed by atoms with Gasteiger partial charge in [-0.3, -0.25) is 4.79 Å². The highest BCUT2D eigenvalue weighted by Gasteiger charge is 2.17. The second-order valence-electron chi connectivity index (χ2n) is 4.89. The first-order chi connectivity index (χ1) is 10.9. The molecular formula is C14H18ClN5O3. The van der Waals surface area contributed by atoms with Gasteiger partial charge in [0.15, 0.2) is 5.82 Å². The van der Waals surface area contributed by atoms with Crippen LogP contribution in [0.1, 0.15) is 42.0 Å². The van der Waals surface area contributed by atoms with Gasteiger partial charge in [-0.1, -0.05) is 16.8 Å². The molecule has 0 aliphatic heterocycles. The maximum absolute atomic E-state index is 11.1. The van der Waals surface area contributed by atoms with E-state index >= 15 is 0 Å². The first kappa shape index (κ1) is 17.2. The molecule has 0 radical (unpaired) electrons. The zero-order chi connectivity index (χ0) is 17.0. The van der Waals surface area contributed by atoms with Crippen LogP contribution in [0.4, 0.5) is 5.82 Å². The molecule has 23 heavy (non-hydrogen) atoms. The van der Waals surface area contributed by atoms with Crippen LogP contribution in [-0.2, 0) is 11.3 Å². The quantitative estimate of drug-likeness (QED) is 0.821. The van der Waals surface area contributed by atoms with Crippen molar-refractivity contribution in [2.24, 2.45) is 5.73 Å². The Labute approximate surface area is 138 Å². The number of pyridine rings is 1. The summed E-state index contributed by atoms with van der Waals surface area (Å²) < 4.78 is 10.6. The Kier molecular flexibility index (Phi) is 5.51. The molecule has 0 saturated heterocycles. The van der Waals surface area contributed by atoms with Crippen molar-refractivity contribution in [3.05, 3.63) is 34.6 Å². The van der Waals surface area contributed by atoms with Crippen molar-refractivity contribution in [1.29, 1.82) is 0 Å². The second-order valence-corrected chi connectivity index (χ2v) is 5.30. The van der Waals surface area contributed by atoms with E-state index in [9.17, 15) is 4.79 Å². The molecular weight excluding hydrogens is 322 g/mol. The molecule has 9 heteroatoms. The van der Waals surface area contributed by atoms with Gasteiger partial charge in [-0.15, -0.1) is 0 Å². The van der Waals surface area contributed by atoms with Gasteiger partial charge in [0.1, 0.15) is 11.9 Å². The lowest BCUT2D eigenvalue weighted by Gasteiger charge is -2.17. The van der Waals surface area contributed by atoms with Crippen LogP contribution in [0.25, 0.3) is 0 Å². The highest BCUT2D eigenvalue weighted by Crippen LogP contribution is 2.24. The number of hydrogen-bond acceptors (Lipinski definition) is 7. The second kappa shape index (κ2) is 7.38. The van der Waals surface area contributed by atoms with Gasteiger partial charge in [-0.25, -0.2) is 4.98 Å². The van der Waals surface area contributed by atoms with Gasteiger partial charge in [-0.05, 0) is 19.9 Å². The number of ether oxygens (including phenoxy) is 1. The van der Waals surface area contributed by atoms with Crippen molar-refractivity contribution >= 4 is 23.3 Å². The average Bonchev–Trinajstić information content (AvgIpc) is 2.95. The maximum Gasteiger partial charge on any atom is 0.250 e. The molecule has 2 N–H and O–H groups in total. The molecule has 1 amide bonds. The molecule has 124 valence electrons. The van der Waals surface area contributed by atoms with Crippen LogP contribution in [-0.4, -0.2) is 34.7 Å². The number of nitrogens with zero attached hydrogens (tertiary/aromatic N) is 4. The normalized spacial score (nSPS) is 12.2. The summed E-state index contributed by atoms with van der Waals surface area (Å²) in [5.74, 6) is 0.790. The molecule has 2 aromatic rings. The largest absolute Gasteiger partial charge is 0.371 e. The summed E-state index contributed by atoms with van der Waals surface area (Å²) in [7, 11) is 1.77. The van der Waals surface area contributed by atoms with Gasteiger partial charge in [0, 0.05) is 19.9 Å². The van der Waals surface area contributed by atoms with E-state index in [0.717, 1.165) is 0 Å². The third-order valence-corrected chi connectivity index (χ3v) is 3.38. The van der Waals surface area contributed by atoms with Crippen LogP contribution in [0.5, 0.6) is 0 Å². The van der Waals surface area contributed by atoms with Gasteiger partial charge in [-0.2, -0.15) is 4.98 Å². The van der Waals surface area contributed by atoms with Crippen LogP contribution in [0.15, 0.2) is 16.8 Å². The Morgan fingerprint density at radius 2 is 2.30 bits per heavy atom. The summed E-state index contributed by atoms with van der Waals surface area (Å²) in [6.45, 7) is 4.63. The Balaban J connectivity index is 2.10. The lowest BCUT2D eigenvalue weighted by atomic mass is 10.2. The molecule has 1 unspecified atom stereocenters. The average molecular weight is 340 g/mol. The molecule has 2 aromatic heterocycles. The third kappa shape index (κ3) is 4.17. The number of carbonyl (C=O) groups excluding carboxylic acids is 1. The van der Waals surface area contributed by atoms with E-state index in [1.54, 1.807) is 11.9 Å². The third-order valence-electron chi connectivity index (χ3n) is 3.10. The lowest BCUT2D eigenvalue weighted by Crippen LogP contribution is -2.19. The van der Waals surface area contributed by atoms with Gasteiger partial charge in [0.05, 0.1) is 17.1 Å². The number of nitrogens with two attached hydrogens (primary N) is 1. The molecule has 0 aromatic carbocycles. The number of aromatic nitrogens is 3. The van der Waals surface area contributed by atoms with Crippen molar-refractivity contribution in [3.63, 3.8) is 0 Å². The van der Waals surface area contributed by atoms with Crippen molar-refractivity contribution in [1.82, 2.24) is 15.1 Å². The Hall–Kier alpha value is -2.19. The first-order valence-electron chi connectivity index (χ1n) is 7.03. The van der Waals surface area contributed by atoms with Gasteiger partial charge in [0.2, 0.25) is 11.8 Å². The smallest absolute Gasteiger partial charge is 0.250 e. The molecule has 2 rings (SSSR count). The molecule has 0 fully saturated rings. The van der Waals surface area contributed by atoms with E-state index in [4.69, 9.17) is 26.6 Å². The van der Waals surface area contributed by atoms with Crippen molar-refractivity contribution in [2.45, 2.75) is 26.5 Å². The van der Waals surface area contributed by atoms with E-state index in [2.05, 4.69) is 15.1 Å². The summed E-state index contributed by atoms with van der Waals surface area (Å²) in [5.41, 5.74) is 5.44. The molecule has 2 heterocycles. The predicted molar refractivity (Wildman–Crippen MR) is 84.2 cm³/mol. The van der Waals surface area contributed by atoms with Crippen molar-refractivity contribution in [2.75, 3.05) is 18.6 Å². The molecule has 0 spiro atoms. The molecule has 0 aliphatic carbocycles. The molecule has 0 saturated carbocycles. The summed E-state index contributed by atoms with van der Waals surface area (Å²) in [4.78, 5) is 21.3. The lowest BCUT2D eigenvalue weighted by molar-refractivity contribution is 0.0683. The van der Waals surface area contributed by atoms with Gasteiger partial charge in [0.25, 0.3) is 0 Å². The SMILES string of the molecule is CCOC(C)c1noc(CN(C)c2ncc(C(N)=O)cc2Cl)n1. The summed E-state index contributed by atoms with van der Waals surface area (Å²) in [6, 6.07) is 1.47. The van der Waals surface area contributed by atoms with E-state index in [1.807, 2.05) is 13.8 Å².